The van der Waals surface area contributed by atoms with E-state index in [4.69, 9.17) is 9.47 Å². The molecule has 0 amide bonds. The Morgan fingerprint density at radius 1 is 0.720 bits per heavy atom. The van der Waals surface area contributed by atoms with Gasteiger partial charge in [-0.05, 0) is 36.8 Å². The molecule has 0 bridgehead atoms. The number of hydrogen-bond donors (Lipinski definition) is 0. The van der Waals surface area contributed by atoms with Gasteiger partial charge in [0.15, 0.2) is 0 Å². The van der Waals surface area contributed by atoms with Crippen molar-refractivity contribution in [3.8, 4) is 11.5 Å². The lowest BCUT2D eigenvalue weighted by atomic mass is 10.0. The van der Waals surface area contributed by atoms with E-state index in [1.165, 1.54) is 49.5 Å². The van der Waals surface area contributed by atoms with Crippen molar-refractivity contribution in [2.45, 2.75) is 72.1 Å². The van der Waals surface area contributed by atoms with Crippen LogP contribution in [0.2, 0.25) is 0 Å². The summed E-state index contributed by atoms with van der Waals surface area (Å²) in [6, 6.07) is 10.6. The molecule has 0 saturated carbocycles. The van der Waals surface area contributed by atoms with Gasteiger partial charge in [0.2, 0.25) is 0 Å². The first-order valence-corrected chi connectivity index (χ1v) is 10.1. The summed E-state index contributed by atoms with van der Waals surface area (Å²) < 4.78 is 12.3. The molecule has 0 aromatic heterocycles. The molecule has 0 aliphatic carbocycles. The standard InChI is InChI=1S/C23H34O2/c1-4-6-8-10-17-24-21-14-12-13-20-16-15-19(3)23(22(20)21)25-18-11-9-7-5-2/h12-16H,4-11,17-18H2,1-3H3. The van der Waals surface area contributed by atoms with Crippen LogP contribution in [0.15, 0.2) is 30.3 Å². The Labute approximate surface area is 153 Å². The maximum Gasteiger partial charge on any atom is 0.133 e. The number of fused-ring (bicyclic) bond motifs is 1. The molecule has 138 valence electrons. The van der Waals surface area contributed by atoms with Gasteiger partial charge in [0.1, 0.15) is 11.5 Å². The molecule has 0 atom stereocenters. The summed E-state index contributed by atoms with van der Waals surface area (Å²) in [7, 11) is 0. The van der Waals surface area contributed by atoms with Gasteiger partial charge in [-0.1, -0.05) is 76.6 Å². The number of aryl methyl sites for hydroxylation is 1. The van der Waals surface area contributed by atoms with E-state index in [-0.39, 0.29) is 0 Å². The van der Waals surface area contributed by atoms with Gasteiger partial charge in [-0.3, -0.25) is 0 Å². The first kappa shape index (κ1) is 19.6. The molecule has 2 heteroatoms. The second-order valence-corrected chi connectivity index (χ2v) is 6.88. The van der Waals surface area contributed by atoms with Crippen molar-refractivity contribution in [2.75, 3.05) is 13.2 Å². The van der Waals surface area contributed by atoms with Gasteiger partial charge in [-0.25, -0.2) is 0 Å². The van der Waals surface area contributed by atoms with Crippen molar-refractivity contribution in [1.29, 1.82) is 0 Å². The lowest BCUT2D eigenvalue weighted by Crippen LogP contribution is -2.02. The number of unbranched alkanes of at least 4 members (excludes halogenated alkanes) is 6. The monoisotopic (exact) mass is 342 g/mol. The molecule has 0 unspecified atom stereocenters. The van der Waals surface area contributed by atoms with Crippen LogP contribution >= 0.6 is 0 Å². The van der Waals surface area contributed by atoms with Gasteiger partial charge < -0.3 is 9.47 Å². The van der Waals surface area contributed by atoms with Crippen molar-refractivity contribution in [2.24, 2.45) is 0 Å². The summed E-state index contributed by atoms with van der Waals surface area (Å²) in [6.07, 6.45) is 9.77. The van der Waals surface area contributed by atoms with Crippen LogP contribution < -0.4 is 9.47 Å². The van der Waals surface area contributed by atoms with Gasteiger partial charge in [0.25, 0.3) is 0 Å². The Morgan fingerprint density at radius 2 is 1.40 bits per heavy atom. The van der Waals surface area contributed by atoms with Crippen LogP contribution in [0.5, 0.6) is 11.5 Å². The summed E-state index contributed by atoms with van der Waals surface area (Å²) in [5.74, 6) is 1.96. The quantitative estimate of drug-likeness (QED) is 0.384. The summed E-state index contributed by atoms with van der Waals surface area (Å²) in [6.45, 7) is 8.16. The minimum Gasteiger partial charge on any atom is -0.493 e. The van der Waals surface area contributed by atoms with E-state index in [1.807, 2.05) is 0 Å². The van der Waals surface area contributed by atoms with Crippen LogP contribution in [-0.4, -0.2) is 13.2 Å². The summed E-state index contributed by atoms with van der Waals surface area (Å²) in [5, 5.41) is 2.33. The van der Waals surface area contributed by atoms with Crippen LogP contribution in [0.3, 0.4) is 0 Å². The highest BCUT2D eigenvalue weighted by Crippen LogP contribution is 2.37. The molecule has 0 radical (unpaired) electrons. The molecule has 0 fully saturated rings. The third-order valence-corrected chi connectivity index (χ3v) is 4.66. The van der Waals surface area contributed by atoms with Crippen molar-refractivity contribution < 1.29 is 9.47 Å². The van der Waals surface area contributed by atoms with Crippen LogP contribution in [0.25, 0.3) is 10.8 Å². The largest absolute Gasteiger partial charge is 0.493 e. The molecule has 25 heavy (non-hydrogen) atoms. The van der Waals surface area contributed by atoms with Gasteiger partial charge in [0, 0.05) is 0 Å². The second kappa shape index (κ2) is 11.0. The molecule has 2 aromatic rings. The predicted octanol–water partition coefficient (Wildman–Crippen LogP) is 7.07. The van der Waals surface area contributed by atoms with Gasteiger partial charge in [-0.15, -0.1) is 0 Å². The molecule has 0 saturated heterocycles. The van der Waals surface area contributed by atoms with E-state index < -0.39 is 0 Å². The van der Waals surface area contributed by atoms with Crippen molar-refractivity contribution in [1.82, 2.24) is 0 Å². The van der Waals surface area contributed by atoms with E-state index >= 15 is 0 Å². The molecule has 0 aliphatic rings. The molecule has 0 spiro atoms. The Morgan fingerprint density at radius 3 is 2.08 bits per heavy atom. The molecular weight excluding hydrogens is 308 g/mol. The molecule has 0 heterocycles. The summed E-state index contributed by atoms with van der Waals surface area (Å²) >= 11 is 0. The van der Waals surface area contributed by atoms with E-state index in [1.54, 1.807) is 0 Å². The third-order valence-electron chi connectivity index (χ3n) is 4.66. The predicted molar refractivity (Wildman–Crippen MR) is 108 cm³/mol. The summed E-state index contributed by atoms with van der Waals surface area (Å²) in [4.78, 5) is 0. The molecule has 2 rings (SSSR count). The molecule has 0 aliphatic heterocycles. The first-order chi connectivity index (χ1) is 12.3. The highest BCUT2D eigenvalue weighted by molar-refractivity contribution is 5.94. The van der Waals surface area contributed by atoms with Gasteiger partial charge in [0.05, 0.1) is 18.6 Å². The van der Waals surface area contributed by atoms with Crippen molar-refractivity contribution in [3.05, 3.63) is 35.9 Å². The zero-order valence-electron chi connectivity index (χ0n) is 16.3. The Kier molecular flexibility index (Phi) is 8.65. The molecular formula is C23H34O2. The average molecular weight is 343 g/mol. The van der Waals surface area contributed by atoms with E-state index in [0.29, 0.717) is 0 Å². The normalized spacial score (nSPS) is 11.0. The summed E-state index contributed by atoms with van der Waals surface area (Å²) in [5.41, 5.74) is 1.19. The first-order valence-electron chi connectivity index (χ1n) is 10.1. The maximum absolute atomic E-state index is 6.20. The molecule has 2 nitrogen and oxygen atoms in total. The fourth-order valence-corrected chi connectivity index (χ4v) is 3.14. The fraction of sp³-hybridized carbons (Fsp3) is 0.565. The SMILES string of the molecule is CCCCCCOc1cccc2ccc(C)c(OCCCCCC)c12. The Balaban J connectivity index is 2.11. The fourth-order valence-electron chi connectivity index (χ4n) is 3.14. The third kappa shape index (κ3) is 5.95. The second-order valence-electron chi connectivity index (χ2n) is 6.88. The molecule has 2 aromatic carbocycles. The van der Waals surface area contributed by atoms with Crippen LogP contribution in [0, 0.1) is 6.92 Å². The van der Waals surface area contributed by atoms with E-state index in [9.17, 15) is 0 Å². The minimum absolute atomic E-state index is 0.781. The van der Waals surface area contributed by atoms with Crippen LogP contribution in [0.1, 0.15) is 70.8 Å². The zero-order valence-corrected chi connectivity index (χ0v) is 16.3. The number of hydrogen-bond acceptors (Lipinski definition) is 2. The highest BCUT2D eigenvalue weighted by Gasteiger charge is 2.11. The zero-order chi connectivity index (χ0) is 17.9. The minimum atomic E-state index is 0.781. The number of benzene rings is 2. The van der Waals surface area contributed by atoms with Crippen molar-refractivity contribution >= 4 is 10.8 Å². The lowest BCUT2D eigenvalue weighted by Gasteiger charge is -2.16. The highest BCUT2D eigenvalue weighted by atomic mass is 16.5. The topological polar surface area (TPSA) is 18.5 Å². The Hall–Kier alpha value is -1.70. The van der Waals surface area contributed by atoms with E-state index in [2.05, 4.69) is 51.1 Å². The van der Waals surface area contributed by atoms with Crippen LogP contribution in [0.4, 0.5) is 0 Å². The van der Waals surface area contributed by atoms with Crippen molar-refractivity contribution in [3.63, 3.8) is 0 Å². The van der Waals surface area contributed by atoms with E-state index in [0.717, 1.165) is 42.9 Å². The number of rotatable bonds is 12. The van der Waals surface area contributed by atoms with Gasteiger partial charge >= 0.3 is 0 Å². The maximum atomic E-state index is 6.20. The average Bonchev–Trinajstić information content (AvgIpc) is 2.63. The van der Waals surface area contributed by atoms with Gasteiger partial charge in [-0.2, -0.15) is 0 Å². The number of ether oxygens (including phenoxy) is 2. The molecule has 0 N–H and O–H groups in total. The Bertz CT molecular complexity index is 633. The van der Waals surface area contributed by atoms with Crippen LogP contribution in [-0.2, 0) is 0 Å². The smallest absolute Gasteiger partial charge is 0.133 e. The lowest BCUT2D eigenvalue weighted by molar-refractivity contribution is 0.297.